The smallest absolute Gasteiger partial charge is 0.203 e. The van der Waals surface area contributed by atoms with Crippen molar-refractivity contribution in [3.63, 3.8) is 0 Å². The summed E-state index contributed by atoms with van der Waals surface area (Å²) in [4.78, 5) is 7.18. The molecular weight excluding hydrogens is 260 g/mol. The second-order valence-corrected chi connectivity index (χ2v) is 6.71. The number of likely N-dealkylation sites (tertiary alicyclic amines) is 1. The van der Waals surface area contributed by atoms with Crippen LogP contribution in [0.1, 0.15) is 64.3 Å². The Morgan fingerprint density at radius 3 is 2.62 bits per heavy atom. The molecule has 1 aromatic rings. The van der Waals surface area contributed by atoms with Gasteiger partial charge in [-0.1, -0.05) is 26.2 Å². The maximum absolute atomic E-state index is 4.58. The molecule has 1 saturated heterocycles. The zero-order valence-electron chi connectivity index (χ0n) is 13.4. The van der Waals surface area contributed by atoms with Crippen molar-refractivity contribution in [3.8, 4) is 0 Å². The monoisotopic (exact) mass is 290 g/mol. The third-order valence-corrected chi connectivity index (χ3v) is 5.10. The molecule has 118 valence electrons. The van der Waals surface area contributed by atoms with Gasteiger partial charge in [-0.3, -0.25) is 0 Å². The molecule has 2 aliphatic rings. The molecule has 0 spiro atoms. The molecule has 1 saturated carbocycles. The summed E-state index contributed by atoms with van der Waals surface area (Å²) in [5, 5.41) is 3.70. The van der Waals surface area contributed by atoms with Gasteiger partial charge in [0.15, 0.2) is 0 Å². The van der Waals surface area contributed by atoms with Gasteiger partial charge in [-0.15, -0.1) is 0 Å². The van der Waals surface area contributed by atoms with Crippen LogP contribution in [0, 0.1) is 0 Å². The van der Waals surface area contributed by atoms with Gasteiger partial charge >= 0.3 is 0 Å². The predicted octanol–water partition coefficient (Wildman–Crippen LogP) is 3.67. The molecule has 1 aliphatic heterocycles. The number of imidazole rings is 1. The van der Waals surface area contributed by atoms with Crippen molar-refractivity contribution in [2.45, 2.75) is 70.4 Å². The highest BCUT2D eigenvalue weighted by Crippen LogP contribution is 2.27. The Kier molecular flexibility index (Phi) is 5.17. The molecule has 0 aromatic carbocycles. The molecule has 3 rings (SSSR count). The molecule has 4 nitrogen and oxygen atoms in total. The Bertz CT molecular complexity index is 414. The molecule has 2 fully saturated rings. The maximum atomic E-state index is 4.58. The average Bonchev–Trinajstić information content (AvgIpc) is 2.98. The molecule has 0 atom stereocenters. The van der Waals surface area contributed by atoms with Gasteiger partial charge in [0.2, 0.25) is 5.95 Å². The largest absolute Gasteiger partial charge is 0.353 e. The van der Waals surface area contributed by atoms with Crippen LogP contribution in [-0.4, -0.2) is 40.1 Å². The van der Waals surface area contributed by atoms with Crippen molar-refractivity contribution in [3.05, 3.63) is 12.4 Å². The first-order valence-corrected chi connectivity index (χ1v) is 8.88. The van der Waals surface area contributed by atoms with Gasteiger partial charge in [0.05, 0.1) is 0 Å². The first-order chi connectivity index (χ1) is 10.4. The lowest BCUT2D eigenvalue weighted by Crippen LogP contribution is -2.35. The van der Waals surface area contributed by atoms with Gasteiger partial charge in [-0.2, -0.15) is 0 Å². The van der Waals surface area contributed by atoms with E-state index in [1.807, 2.05) is 6.20 Å². The fourth-order valence-corrected chi connectivity index (χ4v) is 3.89. The number of aromatic nitrogens is 2. The van der Waals surface area contributed by atoms with Crippen molar-refractivity contribution < 1.29 is 0 Å². The first-order valence-electron chi connectivity index (χ1n) is 8.88. The van der Waals surface area contributed by atoms with E-state index in [9.17, 15) is 0 Å². The first kappa shape index (κ1) is 14.9. The van der Waals surface area contributed by atoms with Crippen LogP contribution in [0.2, 0.25) is 0 Å². The number of nitrogens with zero attached hydrogens (tertiary/aromatic N) is 3. The highest BCUT2D eigenvalue weighted by Gasteiger charge is 2.23. The summed E-state index contributed by atoms with van der Waals surface area (Å²) in [6, 6.07) is 1.27. The van der Waals surface area contributed by atoms with Gasteiger partial charge in [-0.05, 0) is 38.6 Å². The average molecular weight is 290 g/mol. The van der Waals surface area contributed by atoms with Crippen LogP contribution in [0.5, 0.6) is 0 Å². The maximum Gasteiger partial charge on any atom is 0.203 e. The zero-order valence-corrected chi connectivity index (χ0v) is 13.4. The molecule has 4 heteroatoms. The molecule has 21 heavy (non-hydrogen) atoms. The molecular formula is C17H30N4. The van der Waals surface area contributed by atoms with Crippen LogP contribution in [0.4, 0.5) is 5.95 Å². The summed E-state index contributed by atoms with van der Waals surface area (Å²) in [7, 11) is 0. The summed E-state index contributed by atoms with van der Waals surface area (Å²) in [6.45, 7) is 6.00. The zero-order chi connectivity index (χ0) is 14.5. The van der Waals surface area contributed by atoms with Gasteiger partial charge in [0.1, 0.15) is 0 Å². The van der Waals surface area contributed by atoms with E-state index in [1.165, 1.54) is 71.0 Å². The van der Waals surface area contributed by atoms with E-state index in [0.717, 1.165) is 5.95 Å². The molecule has 0 unspecified atom stereocenters. The number of nitrogens with one attached hydrogen (secondary N) is 1. The van der Waals surface area contributed by atoms with E-state index in [0.29, 0.717) is 12.1 Å². The van der Waals surface area contributed by atoms with Gasteiger partial charge in [0.25, 0.3) is 0 Å². The van der Waals surface area contributed by atoms with Crippen molar-refractivity contribution >= 4 is 5.95 Å². The molecule has 0 bridgehead atoms. The van der Waals surface area contributed by atoms with Crippen LogP contribution < -0.4 is 5.32 Å². The highest BCUT2D eigenvalue weighted by molar-refractivity contribution is 5.28. The summed E-state index contributed by atoms with van der Waals surface area (Å²) < 4.78 is 2.40. The lowest BCUT2D eigenvalue weighted by Gasteiger charge is -2.33. The number of anilines is 1. The van der Waals surface area contributed by atoms with Crippen molar-refractivity contribution in [1.29, 1.82) is 0 Å². The van der Waals surface area contributed by atoms with Gasteiger partial charge < -0.3 is 14.8 Å². The SMILES string of the molecule is CCCN1CCC(n2ccnc2NC2CCCCC2)CC1. The highest BCUT2D eigenvalue weighted by atomic mass is 15.2. The van der Waals surface area contributed by atoms with Crippen LogP contribution in [0.25, 0.3) is 0 Å². The Hall–Kier alpha value is -1.03. The second kappa shape index (κ2) is 7.30. The number of hydrogen-bond donors (Lipinski definition) is 1. The molecule has 2 heterocycles. The van der Waals surface area contributed by atoms with E-state index >= 15 is 0 Å². The standard InChI is InChI=1S/C17H30N4/c1-2-11-20-12-8-16(9-13-20)21-14-10-18-17(21)19-15-6-4-3-5-7-15/h10,14-16H,2-9,11-13H2,1H3,(H,18,19). The Balaban J connectivity index is 1.57. The summed E-state index contributed by atoms with van der Waals surface area (Å²) in [5.41, 5.74) is 0. The summed E-state index contributed by atoms with van der Waals surface area (Å²) >= 11 is 0. The summed E-state index contributed by atoms with van der Waals surface area (Å²) in [5.74, 6) is 1.11. The summed E-state index contributed by atoms with van der Waals surface area (Å²) in [6.07, 6.45) is 14.7. The molecule has 0 amide bonds. The van der Waals surface area contributed by atoms with E-state index in [-0.39, 0.29) is 0 Å². The minimum absolute atomic E-state index is 0.631. The van der Waals surface area contributed by atoms with Crippen LogP contribution in [0.15, 0.2) is 12.4 Å². The second-order valence-electron chi connectivity index (χ2n) is 6.71. The van der Waals surface area contributed by atoms with Crippen molar-refractivity contribution in [2.75, 3.05) is 25.0 Å². The van der Waals surface area contributed by atoms with Crippen LogP contribution in [-0.2, 0) is 0 Å². The fourth-order valence-electron chi connectivity index (χ4n) is 3.89. The number of rotatable bonds is 5. The van der Waals surface area contributed by atoms with Crippen molar-refractivity contribution in [1.82, 2.24) is 14.5 Å². The lowest BCUT2D eigenvalue weighted by atomic mass is 9.96. The van der Waals surface area contributed by atoms with Gasteiger partial charge in [-0.25, -0.2) is 4.98 Å². The van der Waals surface area contributed by atoms with E-state index < -0.39 is 0 Å². The lowest BCUT2D eigenvalue weighted by molar-refractivity contribution is 0.187. The Morgan fingerprint density at radius 1 is 1.14 bits per heavy atom. The molecule has 1 aliphatic carbocycles. The normalized spacial score (nSPS) is 22.5. The number of piperidine rings is 1. The van der Waals surface area contributed by atoms with Gasteiger partial charge in [0, 0.05) is 37.6 Å². The minimum atomic E-state index is 0.631. The quantitative estimate of drug-likeness (QED) is 0.898. The fraction of sp³-hybridized carbons (Fsp3) is 0.824. The third-order valence-electron chi connectivity index (χ3n) is 5.10. The third kappa shape index (κ3) is 3.79. The number of hydrogen-bond acceptors (Lipinski definition) is 3. The predicted molar refractivity (Wildman–Crippen MR) is 87.7 cm³/mol. The van der Waals surface area contributed by atoms with Crippen LogP contribution in [0.3, 0.4) is 0 Å². The van der Waals surface area contributed by atoms with E-state index in [4.69, 9.17) is 0 Å². The molecule has 1 aromatic heterocycles. The molecule has 0 radical (unpaired) electrons. The Labute approximate surface area is 128 Å². The van der Waals surface area contributed by atoms with Crippen LogP contribution >= 0.6 is 0 Å². The topological polar surface area (TPSA) is 33.1 Å². The minimum Gasteiger partial charge on any atom is -0.353 e. The van der Waals surface area contributed by atoms with E-state index in [2.05, 4.69) is 32.9 Å². The van der Waals surface area contributed by atoms with Crippen molar-refractivity contribution in [2.24, 2.45) is 0 Å². The van der Waals surface area contributed by atoms with E-state index in [1.54, 1.807) is 0 Å². The Morgan fingerprint density at radius 2 is 1.90 bits per heavy atom. The molecule has 1 N–H and O–H groups in total.